The van der Waals surface area contributed by atoms with Gasteiger partial charge in [-0.05, 0) is 23.6 Å². The fraction of sp³-hybridized carbons (Fsp3) is 0.308. The number of hydrogen-bond donors (Lipinski definition) is 0. The van der Waals surface area contributed by atoms with E-state index < -0.39 is 0 Å². The van der Waals surface area contributed by atoms with Gasteiger partial charge in [0.1, 0.15) is 0 Å². The minimum absolute atomic E-state index is 0.132. The Morgan fingerprint density at radius 2 is 1.54 bits per heavy atom. The van der Waals surface area contributed by atoms with Crippen molar-refractivity contribution in [3.05, 3.63) is 54.7 Å². The predicted octanol–water partition coefficient (Wildman–Crippen LogP) is 3.65. The first-order valence-electron chi connectivity index (χ1n) is 4.29. The third kappa shape index (κ3) is 3.65. The minimum Gasteiger partial charge on any atom is -0.132 e. The topological polar surface area (TPSA) is 0 Å². The highest BCUT2D eigenvalue weighted by atomic mass is 14.1. The molecule has 0 heteroatoms. The van der Waals surface area contributed by atoms with Crippen LogP contribution < -0.4 is 0 Å². The van der Waals surface area contributed by atoms with Crippen LogP contribution in [-0.4, -0.2) is 0 Å². The molecule has 13 heavy (non-hydrogen) atoms. The summed E-state index contributed by atoms with van der Waals surface area (Å²) in [6.07, 6.45) is 3.73. The van der Waals surface area contributed by atoms with Gasteiger partial charge in [-0.3, -0.25) is 0 Å². The molecule has 0 spiro atoms. The highest BCUT2D eigenvalue weighted by Crippen LogP contribution is 2.20. The van der Waals surface area contributed by atoms with Crippen LogP contribution in [0.2, 0.25) is 0 Å². The predicted molar refractivity (Wildman–Crippen MR) is 58.4 cm³/mol. The lowest BCUT2D eigenvalue weighted by Gasteiger charge is -2.12. The summed E-state index contributed by atoms with van der Waals surface area (Å²) in [6, 6.07) is 0. The van der Waals surface area contributed by atoms with Crippen LogP contribution in [0.1, 0.15) is 13.8 Å². The average Bonchev–Trinajstić information content (AvgIpc) is 2.05. The largest absolute Gasteiger partial charge is 0.132 e. The maximum absolute atomic E-state index is 3.67. The lowest BCUT2D eigenvalue weighted by molar-refractivity contribution is 0.700. The maximum Gasteiger partial charge on any atom is 0.0385 e. The molecule has 0 saturated carbocycles. The van der Waals surface area contributed by atoms with E-state index in [4.69, 9.17) is 0 Å². The molecule has 0 saturated heterocycles. The lowest BCUT2D eigenvalue weighted by atomic mass is 9.90. The summed E-state index contributed by atoms with van der Waals surface area (Å²) in [5, 5.41) is 0. The third-order valence-corrected chi connectivity index (χ3v) is 1.78. The standard InChI is InChI=1S/C13H16/c1-6-9-12(10-7-2)13(8-3)11(4)5/h9-12H,1-3H2,4-5H3. The second-order valence-corrected chi connectivity index (χ2v) is 3.05. The first-order chi connectivity index (χ1) is 6.17. The third-order valence-electron chi connectivity index (χ3n) is 1.78. The van der Waals surface area contributed by atoms with Crippen LogP contribution in [0.4, 0.5) is 0 Å². The smallest absolute Gasteiger partial charge is 0.0385 e. The Labute approximate surface area is 81.0 Å². The summed E-state index contributed by atoms with van der Waals surface area (Å²) in [5.41, 5.74) is 9.58. The highest BCUT2D eigenvalue weighted by Gasteiger charge is 2.10. The zero-order valence-electron chi connectivity index (χ0n) is 8.43. The van der Waals surface area contributed by atoms with E-state index >= 15 is 0 Å². The molecule has 0 unspecified atom stereocenters. The van der Waals surface area contributed by atoms with E-state index in [0.29, 0.717) is 5.92 Å². The molecule has 0 aliphatic rings. The second-order valence-electron chi connectivity index (χ2n) is 3.05. The second kappa shape index (κ2) is 6.12. The fourth-order valence-electron chi connectivity index (χ4n) is 1.19. The van der Waals surface area contributed by atoms with E-state index in [0.717, 1.165) is 5.57 Å². The molecule has 0 radical (unpaired) electrons. The van der Waals surface area contributed by atoms with Crippen molar-refractivity contribution < 1.29 is 0 Å². The van der Waals surface area contributed by atoms with Crippen molar-refractivity contribution in [1.82, 2.24) is 0 Å². The van der Waals surface area contributed by atoms with Crippen LogP contribution >= 0.6 is 0 Å². The van der Waals surface area contributed by atoms with Crippen LogP contribution in [0.15, 0.2) is 54.7 Å². The van der Waals surface area contributed by atoms with Crippen molar-refractivity contribution in [2.75, 3.05) is 0 Å². The quantitative estimate of drug-likeness (QED) is 0.568. The summed E-state index contributed by atoms with van der Waals surface area (Å²) >= 11 is 0. The van der Waals surface area contributed by atoms with Crippen LogP contribution in [0.5, 0.6) is 0 Å². The Morgan fingerprint density at radius 1 is 1.08 bits per heavy atom. The normalized spacial score (nSPS) is 10.7. The molecule has 0 fully saturated rings. The van der Waals surface area contributed by atoms with Gasteiger partial charge < -0.3 is 0 Å². The molecule has 0 aliphatic heterocycles. The molecule has 0 atom stereocenters. The van der Waals surface area contributed by atoms with Gasteiger partial charge in [-0.2, -0.15) is 0 Å². The molecule has 0 aromatic heterocycles. The van der Waals surface area contributed by atoms with Crippen molar-refractivity contribution in [1.29, 1.82) is 0 Å². The number of hydrogen-bond acceptors (Lipinski definition) is 0. The van der Waals surface area contributed by atoms with Crippen LogP contribution in [-0.2, 0) is 0 Å². The molecule has 0 aromatic rings. The van der Waals surface area contributed by atoms with Gasteiger partial charge >= 0.3 is 0 Å². The van der Waals surface area contributed by atoms with Crippen LogP contribution in [0.25, 0.3) is 0 Å². The van der Waals surface area contributed by atoms with E-state index in [1.165, 1.54) is 0 Å². The minimum atomic E-state index is 0.132. The van der Waals surface area contributed by atoms with E-state index in [1.54, 1.807) is 0 Å². The fourth-order valence-corrected chi connectivity index (χ4v) is 1.19. The maximum atomic E-state index is 3.67. The molecule has 0 rings (SSSR count). The Hall–Kier alpha value is -1.44. The Bertz CT molecular complexity index is 281. The SMILES string of the molecule is C=C=CC(C=C=C)C(=C=C)C(C)C. The molecule has 0 N–H and O–H groups in total. The van der Waals surface area contributed by atoms with Gasteiger partial charge in [0.15, 0.2) is 0 Å². The summed E-state index contributed by atoms with van der Waals surface area (Å²) < 4.78 is 0. The van der Waals surface area contributed by atoms with Gasteiger partial charge in [-0.1, -0.05) is 33.6 Å². The van der Waals surface area contributed by atoms with Gasteiger partial charge in [0.25, 0.3) is 0 Å². The Kier molecular flexibility index (Phi) is 5.44. The summed E-state index contributed by atoms with van der Waals surface area (Å²) in [5.74, 6) is 0.546. The molecule has 0 heterocycles. The van der Waals surface area contributed by atoms with Crippen molar-refractivity contribution in [2.45, 2.75) is 13.8 Å². The van der Waals surface area contributed by atoms with E-state index in [2.05, 4.69) is 50.8 Å². The Morgan fingerprint density at radius 3 is 1.77 bits per heavy atom. The number of allylic oxidation sites excluding steroid dienone is 3. The lowest BCUT2D eigenvalue weighted by Crippen LogP contribution is -2.02. The molecule has 0 bridgehead atoms. The molecule has 0 amide bonds. The van der Waals surface area contributed by atoms with Crippen LogP contribution in [0, 0.1) is 11.8 Å². The van der Waals surface area contributed by atoms with Crippen LogP contribution in [0.3, 0.4) is 0 Å². The highest BCUT2D eigenvalue weighted by molar-refractivity contribution is 5.19. The van der Waals surface area contributed by atoms with Gasteiger partial charge in [0, 0.05) is 5.92 Å². The summed E-state index contributed by atoms with van der Waals surface area (Å²) in [4.78, 5) is 0. The molecule has 0 aromatic carbocycles. The first-order valence-corrected chi connectivity index (χ1v) is 4.29. The van der Waals surface area contributed by atoms with Crippen molar-refractivity contribution in [2.24, 2.45) is 11.8 Å². The zero-order valence-corrected chi connectivity index (χ0v) is 8.43. The van der Waals surface area contributed by atoms with Gasteiger partial charge in [0.05, 0.1) is 0 Å². The Balaban J connectivity index is 5.02. The molecule has 68 valence electrons. The molecule has 0 nitrogen and oxygen atoms in total. The molecular formula is C13H16. The van der Waals surface area contributed by atoms with Crippen molar-refractivity contribution >= 4 is 0 Å². The summed E-state index contributed by atoms with van der Waals surface area (Å²) in [6.45, 7) is 15.0. The van der Waals surface area contributed by atoms with Gasteiger partial charge in [-0.25, -0.2) is 0 Å². The van der Waals surface area contributed by atoms with Gasteiger partial charge in [0.2, 0.25) is 0 Å². The number of rotatable bonds is 4. The summed E-state index contributed by atoms with van der Waals surface area (Å²) in [7, 11) is 0. The molecular weight excluding hydrogens is 156 g/mol. The van der Waals surface area contributed by atoms with E-state index in [-0.39, 0.29) is 5.92 Å². The van der Waals surface area contributed by atoms with Crippen molar-refractivity contribution in [3.63, 3.8) is 0 Å². The first kappa shape index (κ1) is 11.6. The molecule has 0 aliphatic carbocycles. The monoisotopic (exact) mass is 172 g/mol. The average molecular weight is 172 g/mol. The van der Waals surface area contributed by atoms with Gasteiger partial charge in [-0.15, -0.1) is 17.2 Å². The van der Waals surface area contributed by atoms with E-state index in [1.807, 2.05) is 12.2 Å². The van der Waals surface area contributed by atoms with Crippen molar-refractivity contribution in [3.8, 4) is 0 Å². The van der Waals surface area contributed by atoms with E-state index in [9.17, 15) is 0 Å². The zero-order chi connectivity index (χ0) is 10.3.